The quantitative estimate of drug-likeness (QED) is 0.619. The lowest BCUT2D eigenvalue weighted by molar-refractivity contribution is 0.0950. The zero-order valence-electron chi connectivity index (χ0n) is 18.7. The van der Waals surface area contributed by atoms with Gasteiger partial charge in [0.05, 0.1) is 23.1 Å². The summed E-state index contributed by atoms with van der Waals surface area (Å²) in [5.41, 5.74) is 4.43. The van der Waals surface area contributed by atoms with Gasteiger partial charge in [-0.1, -0.05) is 31.2 Å². The summed E-state index contributed by atoms with van der Waals surface area (Å²) in [6, 6.07) is 14.5. The second kappa shape index (κ2) is 10.1. The Morgan fingerprint density at radius 1 is 1.06 bits per heavy atom. The second-order valence-electron chi connectivity index (χ2n) is 8.33. The zero-order valence-corrected chi connectivity index (χ0v) is 18.7. The molecule has 0 unspecified atom stereocenters. The summed E-state index contributed by atoms with van der Waals surface area (Å²) in [4.78, 5) is 17.7. The molecule has 32 heavy (non-hydrogen) atoms. The molecule has 2 heterocycles. The largest absolute Gasteiger partial charge is 0.348 e. The molecule has 1 aliphatic heterocycles. The molecule has 1 fully saturated rings. The van der Waals surface area contributed by atoms with Gasteiger partial charge in [-0.2, -0.15) is 5.10 Å². The summed E-state index contributed by atoms with van der Waals surface area (Å²) in [5.74, 6) is -0.452. The number of nitrogens with one attached hydrogen (secondary N) is 1. The van der Waals surface area contributed by atoms with Crippen molar-refractivity contribution in [1.82, 2.24) is 24.9 Å². The van der Waals surface area contributed by atoms with E-state index in [1.54, 1.807) is 23.0 Å². The van der Waals surface area contributed by atoms with Crippen LogP contribution in [0.3, 0.4) is 0 Å². The molecular formula is C25H30FN5O. The number of likely N-dealkylation sites (N-methyl/N-ethyl adjacent to an activating group) is 1. The van der Waals surface area contributed by atoms with Gasteiger partial charge in [-0.25, -0.2) is 9.07 Å². The first kappa shape index (κ1) is 22.2. The molecule has 0 atom stereocenters. The zero-order chi connectivity index (χ0) is 22.5. The maximum absolute atomic E-state index is 13.3. The topological polar surface area (TPSA) is 53.4 Å². The van der Waals surface area contributed by atoms with Crippen LogP contribution in [-0.2, 0) is 19.5 Å². The van der Waals surface area contributed by atoms with Crippen LogP contribution in [0.1, 0.15) is 34.1 Å². The summed E-state index contributed by atoms with van der Waals surface area (Å²) >= 11 is 0. The number of amides is 1. The molecule has 1 aromatic heterocycles. The van der Waals surface area contributed by atoms with E-state index >= 15 is 0 Å². The molecule has 0 saturated carbocycles. The van der Waals surface area contributed by atoms with E-state index in [2.05, 4.69) is 45.5 Å². The lowest BCUT2D eigenvalue weighted by atomic mass is 10.1. The molecule has 0 aliphatic carbocycles. The molecule has 0 spiro atoms. The van der Waals surface area contributed by atoms with Crippen LogP contribution in [0.4, 0.5) is 4.39 Å². The smallest absolute Gasteiger partial charge is 0.255 e. The van der Waals surface area contributed by atoms with Gasteiger partial charge in [0.25, 0.3) is 5.91 Å². The minimum absolute atomic E-state index is 0.153. The van der Waals surface area contributed by atoms with Crippen molar-refractivity contribution in [3.8, 4) is 5.69 Å². The summed E-state index contributed by atoms with van der Waals surface area (Å²) < 4.78 is 15.0. The highest BCUT2D eigenvalue weighted by Crippen LogP contribution is 2.17. The van der Waals surface area contributed by atoms with Crippen molar-refractivity contribution in [2.75, 3.05) is 33.2 Å². The van der Waals surface area contributed by atoms with E-state index in [1.807, 2.05) is 13.0 Å². The van der Waals surface area contributed by atoms with Crippen LogP contribution in [0.2, 0.25) is 0 Å². The van der Waals surface area contributed by atoms with Crippen LogP contribution >= 0.6 is 0 Å². The molecule has 0 bridgehead atoms. The van der Waals surface area contributed by atoms with E-state index in [0.29, 0.717) is 18.5 Å². The number of carbonyl (C=O) groups excluding carboxylic acids is 1. The summed E-state index contributed by atoms with van der Waals surface area (Å²) in [7, 11) is 2.16. The van der Waals surface area contributed by atoms with Crippen molar-refractivity contribution in [3.63, 3.8) is 0 Å². The predicted octanol–water partition coefficient (Wildman–Crippen LogP) is 3.25. The number of halogens is 1. The molecular weight excluding hydrogens is 405 g/mol. The second-order valence-corrected chi connectivity index (χ2v) is 8.33. The van der Waals surface area contributed by atoms with E-state index in [9.17, 15) is 9.18 Å². The molecule has 1 N–H and O–H groups in total. The number of hydrogen-bond acceptors (Lipinski definition) is 4. The SMILES string of the molecule is CCc1c(C(=O)NCc2cccc(CN3CCN(C)CC3)c2)cnn1-c1ccc(F)cc1. The molecule has 168 valence electrons. The van der Waals surface area contributed by atoms with Crippen LogP contribution in [0.5, 0.6) is 0 Å². The summed E-state index contributed by atoms with van der Waals surface area (Å²) in [6.45, 7) is 7.73. The van der Waals surface area contributed by atoms with Crippen molar-refractivity contribution in [2.45, 2.75) is 26.4 Å². The highest BCUT2D eigenvalue weighted by Gasteiger charge is 2.17. The molecule has 1 aliphatic rings. The normalized spacial score (nSPS) is 15.1. The Morgan fingerprint density at radius 3 is 2.50 bits per heavy atom. The molecule has 0 radical (unpaired) electrons. The average Bonchev–Trinajstić information content (AvgIpc) is 3.24. The Morgan fingerprint density at radius 2 is 1.78 bits per heavy atom. The molecule has 3 aromatic rings. The van der Waals surface area contributed by atoms with Gasteiger partial charge in [0, 0.05) is 39.3 Å². The summed E-state index contributed by atoms with van der Waals surface area (Å²) in [5, 5.41) is 7.40. The van der Waals surface area contributed by atoms with E-state index in [-0.39, 0.29) is 11.7 Å². The Kier molecular flexibility index (Phi) is 6.97. The van der Waals surface area contributed by atoms with Gasteiger partial charge in [0.1, 0.15) is 5.82 Å². The Hall–Kier alpha value is -3.03. The molecule has 4 rings (SSSR count). The van der Waals surface area contributed by atoms with Gasteiger partial charge >= 0.3 is 0 Å². The van der Waals surface area contributed by atoms with Crippen molar-refractivity contribution in [2.24, 2.45) is 0 Å². The van der Waals surface area contributed by atoms with Crippen LogP contribution < -0.4 is 5.32 Å². The van der Waals surface area contributed by atoms with Crippen LogP contribution in [0.15, 0.2) is 54.7 Å². The molecule has 2 aromatic carbocycles. The van der Waals surface area contributed by atoms with Crippen LogP contribution in [0, 0.1) is 5.82 Å². The maximum atomic E-state index is 13.3. The number of hydrogen-bond donors (Lipinski definition) is 1. The number of carbonyl (C=O) groups is 1. The lowest BCUT2D eigenvalue weighted by Gasteiger charge is -2.32. The first-order valence-electron chi connectivity index (χ1n) is 11.1. The van der Waals surface area contributed by atoms with Gasteiger partial charge < -0.3 is 10.2 Å². The minimum Gasteiger partial charge on any atom is -0.348 e. The fourth-order valence-electron chi connectivity index (χ4n) is 4.09. The van der Waals surface area contributed by atoms with E-state index in [0.717, 1.165) is 49.7 Å². The number of aromatic nitrogens is 2. The monoisotopic (exact) mass is 435 g/mol. The highest BCUT2D eigenvalue weighted by atomic mass is 19.1. The van der Waals surface area contributed by atoms with E-state index in [4.69, 9.17) is 0 Å². The summed E-state index contributed by atoms with van der Waals surface area (Å²) in [6.07, 6.45) is 2.22. The number of piperazine rings is 1. The highest BCUT2D eigenvalue weighted by molar-refractivity contribution is 5.95. The van der Waals surface area contributed by atoms with Gasteiger partial charge in [0.2, 0.25) is 0 Å². The van der Waals surface area contributed by atoms with Gasteiger partial charge in [-0.3, -0.25) is 9.69 Å². The Balaban J connectivity index is 1.40. The number of nitrogens with zero attached hydrogens (tertiary/aromatic N) is 4. The maximum Gasteiger partial charge on any atom is 0.255 e. The first-order chi connectivity index (χ1) is 15.5. The lowest BCUT2D eigenvalue weighted by Crippen LogP contribution is -2.43. The third-order valence-electron chi connectivity index (χ3n) is 5.97. The van der Waals surface area contributed by atoms with Crippen molar-refractivity contribution in [3.05, 3.63) is 82.9 Å². The third kappa shape index (κ3) is 5.23. The average molecular weight is 436 g/mol. The fourth-order valence-corrected chi connectivity index (χ4v) is 4.09. The van der Waals surface area contributed by atoms with E-state index in [1.165, 1.54) is 17.7 Å². The fraction of sp³-hybridized carbons (Fsp3) is 0.360. The third-order valence-corrected chi connectivity index (χ3v) is 5.97. The van der Waals surface area contributed by atoms with E-state index < -0.39 is 0 Å². The van der Waals surface area contributed by atoms with Gasteiger partial charge in [0.15, 0.2) is 0 Å². The molecule has 1 saturated heterocycles. The first-order valence-corrected chi connectivity index (χ1v) is 11.1. The molecule has 6 nitrogen and oxygen atoms in total. The standard InChI is InChI=1S/C25H30FN5O/c1-3-24-23(17-28-31(24)22-9-7-21(26)8-10-22)25(32)27-16-19-5-4-6-20(15-19)18-30-13-11-29(2)12-14-30/h4-10,15,17H,3,11-14,16,18H2,1-2H3,(H,27,32). The van der Waals surface area contributed by atoms with Crippen LogP contribution in [0.25, 0.3) is 5.69 Å². The van der Waals surface area contributed by atoms with Gasteiger partial charge in [-0.05, 0) is 48.9 Å². The van der Waals surface area contributed by atoms with Crippen molar-refractivity contribution < 1.29 is 9.18 Å². The predicted molar refractivity (Wildman–Crippen MR) is 123 cm³/mol. The van der Waals surface area contributed by atoms with Gasteiger partial charge in [-0.15, -0.1) is 0 Å². The Labute approximate surface area is 188 Å². The van der Waals surface area contributed by atoms with Crippen molar-refractivity contribution in [1.29, 1.82) is 0 Å². The molecule has 7 heteroatoms. The van der Waals surface area contributed by atoms with Crippen LogP contribution in [-0.4, -0.2) is 58.7 Å². The van der Waals surface area contributed by atoms with Crippen molar-refractivity contribution >= 4 is 5.91 Å². The number of rotatable bonds is 7. The minimum atomic E-state index is -0.299. The Bertz CT molecular complexity index is 1050. The molecule has 1 amide bonds. The number of benzene rings is 2.